The van der Waals surface area contributed by atoms with Gasteiger partial charge in [-0.2, -0.15) is 0 Å². The third-order valence-corrected chi connectivity index (χ3v) is 5.06. The first-order valence-electron chi connectivity index (χ1n) is 5.02. The SMILES string of the molecule is Nc1cccc(C(=O)OCc2sccc2Br)c1Br. The lowest BCUT2D eigenvalue weighted by atomic mass is 10.2. The fourth-order valence-corrected chi connectivity index (χ4v) is 3.15. The molecule has 0 saturated carbocycles. The minimum Gasteiger partial charge on any atom is -0.456 e. The van der Waals surface area contributed by atoms with Gasteiger partial charge < -0.3 is 10.5 Å². The van der Waals surface area contributed by atoms with Crippen molar-refractivity contribution in [2.24, 2.45) is 0 Å². The Morgan fingerprint density at radius 2 is 2.11 bits per heavy atom. The number of halogens is 2. The van der Waals surface area contributed by atoms with Crippen LogP contribution in [-0.2, 0) is 11.3 Å². The second kappa shape index (κ2) is 5.86. The summed E-state index contributed by atoms with van der Waals surface area (Å²) in [5.41, 5.74) is 6.66. The zero-order valence-electron chi connectivity index (χ0n) is 9.15. The van der Waals surface area contributed by atoms with Crippen LogP contribution in [0.3, 0.4) is 0 Å². The van der Waals surface area contributed by atoms with Crippen molar-refractivity contribution in [2.75, 3.05) is 5.73 Å². The van der Waals surface area contributed by atoms with E-state index >= 15 is 0 Å². The lowest BCUT2D eigenvalue weighted by Crippen LogP contribution is -2.06. The molecule has 1 aromatic heterocycles. The average Bonchev–Trinajstić information content (AvgIpc) is 2.75. The van der Waals surface area contributed by atoms with Gasteiger partial charge in [-0.1, -0.05) is 6.07 Å². The van der Waals surface area contributed by atoms with Crippen molar-refractivity contribution in [1.82, 2.24) is 0 Å². The van der Waals surface area contributed by atoms with E-state index in [0.717, 1.165) is 9.35 Å². The number of esters is 1. The van der Waals surface area contributed by atoms with Crippen molar-refractivity contribution in [3.8, 4) is 0 Å². The van der Waals surface area contributed by atoms with Crippen LogP contribution in [0.4, 0.5) is 5.69 Å². The first kappa shape index (κ1) is 13.6. The molecule has 0 bridgehead atoms. The Labute approximate surface area is 125 Å². The molecule has 0 aliphatic carbocycles. The molecule has 2 N–H and O–H groups in total. The smallest absolute Gasteiger partial charge is 0.339 e. The lowest BCUT2D eigenvalue weighted by Gasteiger charge is -2.07. The zero-order valence-corrected chi connectivity index (χ0v) is 13.1. The molecule has 2 rings (SSSR count). The number of carbonyl (C=O) groups is 1. The Morgan fingerprint density at radius 1 is 1.33 bits per heavy atom. The van der Waals surface area contributed by atoms with Crippen LogP contribution in [0.5, 0.6) is 0 Å². The van der Waals surface area contributed by atoms with Gasteiger partial charge in [0.05, 0.1) is 14.9 Å². The number of rotatable bonds is 3. The molecule has 0 spiro atoms. The molecular formula is C12H9Br2NO2S. The average molecular weight is 391 g/mol. The van der Waals surface area contributed by atoms with Crippen molar-refractivity contribution in [1.29, 1.82) is 0 Å². The van der Waals surface area contributed by atoms with Crippen molar-refractivity contribution >= 4 is 54.9 Å². The summed E-state index contributed by atoms with van der Waals surface area (Å²) in [6.45, 7) is 0.248. The number of nitrogens with two attached hydrogens (primary N) is 1. The van der Waals surface area contributed by atoms with E-state index in [2.05, 4.69) is 31.9 Å². The third-order valence-electron chi connectivity index (χ3n) is 2.27. The van der Waals surface area contributed by atoms with Crippen LogP contribution < -0.4 is 5.73 Å². The lowest BCUT2D eigenvalue weighted by molar-refractivity contribution is 0.0475. The largest absolute Gasteiger partial charge is 0.456 e. The monoisotopic (exact) mass is 389 g/mol. The summed E-state index contributed by atoms with van der Waals surface area (Å²) < 4.78 is 6.77. The predicted octanol–water partition coefficient (Wildman–Crippen LogP) is 4.21. The third kappa shape index (κ3) is 2.93. The van der Waals surface area contributed by atoms with E-state index in [1.54, 1.807) is 18.2 Å². The van der Waals surface area contributed by atoms with Gasteiger partial charge in [0.1, 0.15) is 6.61 Å². The van der Waals surface area contributed by atoms with Gasteiger partial charge in [0, 0.05) is 10.2 Å². The zero-order chi connectivity index (χ0) is 13.1. The fraction of sp³-hybridized carbons (Fsp3) is 0.0833. The molecule has 1 heterocycles. The van der Waals surface area contributed by atoms with E-state index in [1.165, 1.54) is 11.3 Å². The molecule has 0 aliphatic heterocycles. The van der Waals surface area contributed by atoms with Crippen LogP contribution >= 0.6 is 43.2 Å². The van der Waals surface area contributed by atoms with Crippen LogP contribution in [0.25, 0.3) is 0 Å². The van der Waals surface area contributed by atoms with Crippen molar-refractivity contribution in [3.05, 3.63) is 49.0 Å². The molecule has 0 radical (unpaired) electrons. The van der Waals surface area contributed by atoms with Crippen LogP contribution in [0, 0.1) is 0 Å². The molecule has 0 fully saturated rings. The Hall–Kier alpha value is -0.850. The van der Waals surface area contributed by atoms with Gasteiger partial charge in [0.2, 0.25) is 0 Å². The highest BCUT2D eigenvalue weighted by molar-refractivity contribution is 9.11. The predicted molar refractivity (Wildman–Crippen MR) is 79.7 cm³/mol. The molecule has 6 heteroatoms. The maximum atomic E-state index is 11.9. The minimum atomic E-state index is -0.394. The van der Waals surface area contributed by atoms with Crippen LogP contribution in [0.2, 0.25) is 0 Å². The highest BCUT2D eigenvalue weighted by Crippen LogP contribution is 2.26. The molecule has 18 heavy (non-hydrogen) atoms. The Kier molecular flexibility index (Phi) is 4.42. The maximum absolute atomic E-state index is 11.9. The second-order valence-electron chi connectivity index (χ2n) is 3.48. The molecule has 0 amide bonds. The van der Waals surface area contributed by atoms with E-state index in [4.69, 9.17) is 10.5 Å². The fourth-order valence-electron chi connectivity index (χ4n) is 1.34. The summed E-state index contributed by atoms with van der Waals surface area (Å²) >= 11 is 8.20. The molecule has 3 nitrogen and oxygen atoms in total. The normalized spacial score (nSPS) is 10.3. The van der Waals surface area contributed by atoms with E-state index in [9.17, 15) is 4.79 Å². The van der Waals surface area contributed by atoms with E-state index in [1.807, 2.05) is 11.4 Å². The molecular weight excluding hydrogens is 382 g/mol. The molecule has 0 aliphatic rings. The molecule has 0 unspecified atom stereocenters. The molecule has 1 aromatic carbocycles. The van der Waals surface area contributed by atoms with Gasteiger partial charge in [-0.15, -0.1) is 11.3 Å². The highest BCUT2D eigenvalue weighted by atomic mass is 79.9. The number of benzene rings is 1. The van der Waals surface area contributed by atoms with Gasteiger partial charge in [-0.05, 0) is 55.4 Å². The molecule has 94 valence electrons. The highest BCUT2D eigenvalue weighted by Gasteiger charge is 2.14. The van der Waals surface area contributed by atoms with E-state index in [-0.39, 0.29) is 6.61 Å². The molecule has 0 saturated heterocycles. The summed E-state index contributed by atoms with van der Waals surface area (Å²) in [4.78, 5) is 12.9. The number of anilines is 1. The quantitative estimate of drug-likeness (QED) is 0.630. The molecule has 2 aromatic rings. The topological polar surface area (TPSA) is 52.3 Å². The number of carbonyl (C=O) groups excluding carboxylic acids is 1. The summed E-state index contributed by atoms with van der Waals surface area (Å²) in [5, 5.41) is 1.93. The molecule has 0 atom stereocenters. The summed E-state index contributed by atoms with van der Waals surface area (Å²) in [6, 6.07) is 7.03. The van der Waals surface area contributed by atoms with Gasteiger partial charge in [-0.3, -0.25) is 0 Å². The standard InChI is InChI=1S/C12H9Br2NO2S/c13-8-4-5-18-10(8)6-17-12(16)7-2-1-3-9(15)11(7)14/h1-5H,6,15H2. The van der Waals surface area contributed by atoms with E-state index < -0.39 is 5.97 Å². The first-order chi connectivity index (χ1) is 8.59. The summed E-state index contributed by atoms with van der Waals surface area (Å²) in [7, 11) is 0. The number of hydrogen-bond donors (Lipinski definition) is 1. The maximum Gasteiger partial charge on any atom is 0.339 e. The van der Waals surface area contributed by atoms with Crippen molar-refractivity contribution in [2.45, 2.75) is 6.61 Å². The van der Waals surface area contributed by atoms with Crippen LogP contribution in [-0.4, -0.2) is 5.97 Å². The van der Waals surface area contributed by atoms with E-state index in [0.29, 0.717) is 15.7 Å². The second-order valence-corrected chi connectivity index (χ2v) is 6.12. The number of hydrogen-bond acceptors (Lipinski definition) is 4. The Balaban J connectivity index is 2.09. The first-order valence-corrected chi connectivity index (χ1v) is 7.49. The van der Waals surface area contributed by atoms with Gasteiger partial charge in [0.25, 0.3) is 0 Å². The number of ether oxygens (including phenoxy) is 1. The van der Waals surface area contributed by atoms with Crippen molar-refractivity contribution in [3.63, 3.8) is 0 Å². The van der Waals surface area contributed by atoms with Crippen LogP contribution in [0.15, 0.2) is 38.6 Å². The number of thiophene rings is 1. The number of nitrogen functional groups attached to an aromatic ring is 1. The van der Waals surface area contributed by atoms with Gasteiger partial charge in [-0.25, -0.2) is 4.79 Å². The van der Waals surface area contributed by atoms with Gasteiger partial charge in [0.15, 0.2) is 0 Å². The summed E-state index contributed by atoms with van der Waals surface area (Å²) in [6.07, 6.45) is 0. The van der Waals surface area contributed by atoms with Gasteiger partial charge >= 0.3 is 5.97 Å². The Morgan fingerprint density at radius 3 is 2.78 bits per heavy atom. The minimum absolute atomic E-state index is 0.248. The summed E-state index contributed by atoms with van der Waals surface area (Å²) in [5.74, 6) is -0.394. The van der Waals surface area contributed by atoms with Crippen LogP contribution in [0.1, 0.15) is 15.2 Å². The van der Waals surface area contributed by atoms with Crippen molar-refractivity contribution < 1.29 is 9.53 Å². The Bertz CT molecular complexity index is 583.